The lowest BCUT2D eigenvalue weighted by atomic mass is 9.70. The summed E-state index contributed by atoms with van der Waals surface area (Å²) >= 11 is 7.13. The number of halogens is 4. The zero-order chi connectivity index (χ0) is 45.4. The molecule has 5 atom stereocenters. The molecule has 12 heteroatoms. The molecule has 1 heterocycles. The predicted octanol–water partition coefficient (Wildman–Crippen LogP) is 12.0. The quantitative estimate of drug-likeness (QED) is 0.0727. The van der Waals surface area contributed by atoms with Gasteiger partial charge in [0.05, 0.1) is 12.7 Å². The molecule has 0 bridgehead atoms. The average Bonchev–Trinajstić information content (AvgIpc) is 3.59. The van der Waals surface area contributed by atoms with Gasteiger partial charge < -0.3 is 18.5 Å². The molecule has 2 aromatic carbocycles. The molecule has 2 aromatic rings. The van der Waals surface area contributed by atoms with Gasteiger partial charge in [-0.15, -0.1) is 0 Å². The number of benzene rings is 2. The number of carbonyl (C=O) groups excluding carboxylic acids is 2. The lowest BCUT2D eigenvalue weighted by Crippen LogP contribution is -2.66. The Labute approximate surface area is 371 Å². The molecule has 1 aliphatic heterocycles. The van der Waals surface area contributed by atoms with E-state index in [0.717, 1.165) is 6.42 Å². The number of carbonyl (C=O) groups is 2. The molecule has 1 saturated carbocycles. The largest absolute Gasteiger partial charge is 0.471 e. The highest BCUT2D eigenvalue weighted by molar-refractivity contribution is 6.99. The number of alkyl halides is 3. The predicted molar refractivity (Wildman–Crippen MR) is 248 cm³/mol. The molecular weight excluding hydrogens is 831 g/mol. The minimum atomic E-state index is -5.03. The van der Waals surface area contributed by atoms with Crippen LogP contribution < -0.4 is 10.4 Å². The Balaban J connectivity index is 1.65. The van der Waals surface area contributed by atoms with E-state index < -0.39 is 52.4 Å². The third-order valence-electron chi connectivity index (χ3n) is 13.5. The van der Waals surface area contributed by atoms with Crippen molar-refractivity contribution in [3.05, 3.63) is 95.6 Å². The van der Waals surface area contributed by atoms with E-state index in [1.54, 1.807) is 19.9 Å². The number of allylic oxidation sites excluding steroid dienone is 1. The SMILES string of the molecule is CCOC(=O)/C(C)=C/C[C@H]1CCC[C@]2(CCC[C@@H]2[C@@H](C)/C=C/[C@H](/C=C(\Cl)CCO[Si](c2ccccc2)(c2ccccc2)C(C)(C)C)O[Si](C)(C)C(C)(C)C)N1C(=O)C(F)(F)F. The van der Waals surface area contributed by atoms with E-state index in [0.29, 0.717) is 55.7 Å². The van der Waals surface area contributed by atoms with Gasteiger partial charge in [-0.05, 0) is 104 Å². The van der Waals surface area contributed by atoms with Gasteiger partial charge in [0, 0.05) is 35.2 Å². The zero-order valence-electron chi connectivity index (χ0n) is 38.5. The molecule has 1 spiro atoms. The first kappa shape index (κ1) is 50.7. The fourth-order valence-corrected chi connectivity index (χ4v) is 15.4. The van der Waals surface area contributed by atoms with Crippen LogP contribution in [0.1, 0.15) is 114 Å². The van der Waals surface area contributed by atoms with Crippen LogP contribution in [0.3, 0.4) is 0 Å². The van der Waals surface area contributed by atoms with E-state index >= 15 is 0 Å². The molecule has 1 saturated heterocycles. The van der Waals surface area contributed by atoms with E-state index in [-0.39, 0.29) is 34.9 Å². The number of ether oxygens (including phenoxy) is 1. The van der Waals surface area contributed by atoms with E-state index in [1.165, 1.54) is 15.3 Å². The Morgan fingerprint density at radius 3 is 1.97 bits per heavy atom. The Bertz CT molecular complexity index is 1820. The molecule has 61 heavy (non-hydrogen) atoms. The zero-order valence-corrected chi connectivity index (χ0v) is 41.2. The Kier molecular flexibility index (Phi) is 17.2. The maximum absolute atomic E-state index is 14.5. The molecule has 338 valence electrons. The van der Waals surface area contributed by atoms with Crippen molar-refractivity contribution in [2.45, 2.75) is 161 Å². The first-order valence-corrected chi connectivity index (χ1v) is 27.3. The summed E-state index contributed by atoms with van der Waals surface area (Å²) in [6.45, 7) is 23.6. The number of rotatable bonds is 16. The molecule has 0 aromatic heterocycles. The normalized spacial score (nSPS) is 22.2. The van der Waals surface area contributed by atoms with Gasteiger partial charge in [0.1, 0.15) is 0 Å². The van der Waals surface area contributed by atoms with Crippen LogP contribution in [-0.4, -0.2) is 70.5 Å². The molecule has 2 fully saturated rings. The maximum atomic E-state index is 14.5. The summed E-state index contributed by atoms with van der Waals surface area (Å²) < 4.78 is 62.7. The topological polar surface area (TPSA) is 65.1 Å². The highest BCUT2D eigenvalue weighted by Gasteiger charge is 2.58. The maximum Gasteiger partial charge on any atom is 0.471 e. The van der Waals surface area contributed by atoms with Crippen LogP contribution in [0.2, 0.25) is 23.2 Å². The van der Waals surface area contributed by atoms with Crippen molar-refractivity contribution >= 4 is 50.5 Å². The van der Waals surface area contributed by atoms with Gasteiger partial charge in [0.15, 0.2) is 8.32 Å². The van der Waals surface area contributed by atoms with Crippen molar-refractivity contribution < 1.29 is 36.3 Å². The molecule has 1 amide bonds. The molecule has 0 radical (unpaired) electrons. The van der Waals surface area contributed by atoms with Gasteiger partial charge in [-0.1, -0.05) is 145 Å². The summed E-state index contributed by atoms with van der Waals surface area (Å²) in [6, 6.07) is 20.3. The van der Waals surface area contributed by atoms with Gasteiger partial charge in [0.2, 0.25) is 0 Å². The Hall–Kier alpha value is -2.97. The second-order valence-electron chi connectivity index (χ2n) is 19.6. The minimum Gasteiger partial charge on any atom is -0.463 e. The summed E-state index contributed by atoms with van der Waals surface area (Å²) in [4.78, 5) is 27.0. The van der Waals surface area contributed by atoms with E-state index in [1.807, 2.05) is 31.2 Å². The summed E-state index contributed by atoms with van der Waals surface area (Å²) in [7, 11) is -5.12. The highest BCUT2D eigenvalue weighted by atomic mass is 35.5. The lowest BCUT2D eigenvalue weighted by molar-refractivity contribution is -0.201. The van der Waals surface area contributed by atoms with Crippen LogP contribution in [0, 0.1) is 11.8 Å². The second-order valence-corrected chi connectivity index (χ2v) is 29.2. The number of hydrogen-bond acceptors (Lipinski definition) is 5. The first-order chi connectivity index (χ1) is 28.4. The highest BCUT2D eigenvalue weighted by Crippen LogP contribution is 2.53. The number of amides is 1. The van der Waals surface area contributed by atoms with Gasteiger partial charge in [-0.3, -0.25) is 4.79 Å². The molecule has 1 aliphatic carbocycles. The van der Waals surface area contributed by atoms with Crippen molar-refractivity contribution in [1.82, 2.24) is 4.90 Å². The minimum absolute atomic E-state index is 0.0947. The van der Waals surface area contributed by atoms with Crippen LogP contribution in [0.25, 0.3) is 0 Å². The monoisotopic (exact) mass is 901 g/mol. The number of nitrogens with zero attached hydrogens (tertiary/aromatic N) is 1. The smallest absolute Gasteiger partial charge is 0.463 e. The molecule has 4 rings (SSSR count). The van der Waals surface area contributed by atoms with Crippen molar-refractivity contribution in [3.63, 3.8) is 0 Å². The number of hydrogen-bond donors (Lipinski definition) is 0. The fraction of sp³-hybridized carbons (Fsp3) is 0.592. The van der Waals surface area contributed by atoms with E-state index in [2.05, 4.69) is 109 Å². The summed E-state index contributed by atoms with van der Waals surface area (Å²) in [5.74, 6) is -2.68. The molecule has 6 nitrogen and oxygen atoms in total. The van der Waals surface area contributed by atoms with Crippen LogP contribution in [0.4, 0.5) is 13.2 Å². The number of piperidine rings is 1. The summed E-state index contributed by atoms with van der Waals surface area (Å²) in [5.41, 5.74) is -0.638. The fourth-order valence-electron chi connectivity index (χ4n) is 9.46. The van der Waals surface area contributed by atoms with Crippen molar-refractivity contribution in [2.75, 3.05) is 13.2 Å². The first-order valence-electron chi connectivity index (χ1n) is 22.1. The van der Waals surface area contributed by atoms with Crippen molar-refractivity contribution in [1.29, 1.82) is 0 Å². The van der Waals surface area contributed by atoms with Crippen LogP contribution >= 0.6 is 11.6 Å². The lowest BCUT2D eigenvalue weighted by Gasteiger charge is -2.54. The Morgan fingerprint density at radius 2 is 1.46 bits per heavy atom. The van der Waals surface area contributed by atoms with Crippen LogP contribution in [-0.2, 0) is 23.2 Å². The van der Waals surface area contributed by atoms with Gasteiger partial charge >= 0.3 is 18.1 Å². The second kappa shape index (κ2) is 20.7. The summed E-state index contributed by atoms with van der Waals surface area (Å²) in [6.07, 6.45) is 6.31. The van der Waals surface area contributed by atoms with Crippen LogP contribution in [0.15, 0.2) is 95.6 Å². The van der Waals surface area contributed by atoms with E-state index in [4.69, 9.17) is 25.2 Å². The molecule has 2 aliphatic rings. The number of likely N-dealkylation sites (tertiary alicyclic amines) is 1. The third kappa shape index (κ3) is 12.0. The molecule has 0 unspecified atom stereocenters. The third-order valence-corrected chi connectivity index (χ3v) is 23.3. The van der Waals surface area contributed by atoms with Gasteiger partial charge in [-0.25, -0.2) is 4.79 Å². The summed E-state index contributed by atoms with van der Waals surface area (Å²) in [5, 5.41) is 2.71. The number of esters is 1. The van der Waals surface area contributed by atoms with Crippen molar-refractivity contribution in [2.24, 2.45) is 11.8 Å². The van der Waals surface area contributed by atoms with Gasteiger partial charge in [0.25, 0.3) is 8.32 Å². The molecular formula is C49H71ClF3NO5Si2. The average molecular weight is 903 g/mol. The Morgan fingerprint density at radius 1 is 0.902 bits per heavy atom. The standard InChI is InChI=1S/C49H71ClF3NO5Si2/c1-12-57-44(55)37(3)27-29-39-21-19-32-48(54(39)45(56)49(51,52)53)33-20-26-43(48)36(2)28-30-40(59-60(10,11)46(4,5)6)35-38(50)31-34-58-61(47(7,8)9,41-22-15-13-16-23-41)42-24-17-14-18-25-42/h13-18,22-25,27-28,30,35-36,39-40,43H,12,19-21,26,29,31-34H2,1-11H3/b30-28+,37-27+,38-35-/t36-,39+,40+,43+,48+/m0/s1. The van der Waals surface area contributed by atoms with Crippen molar-refractivity contribution in [3.8, 4) is 0 Å². The van der Waals surface area contributed by atoms with E-state index in [9.17, 15) is 22.8 Å². The molecule has 0 N–H and O–H groups in total. The van der Waals surface area contributed by atoms with Crippen LogP contribution in [0.5, 0.6) is 0 Å². The van der Waals surface area contributed by atoms with Gasteiger partial charge in [-0.2, -0.15) is 13.2 Å².